The van der Waals surface area contributed by atoms with Crippen molar-refractivity contribution in [3.05, 3.63) is 28.8 Å². The predicted molar refractivity (Wildman–Crippen MR) is 62.3 cm³/mol. The quantitative estimate of drug-likeness (QED) is 0.842. The van der Waals surface area contributed by atoms with Gasteiger partial charge in [-0.2, -0.15) is 13.2 Å². The van der Waals surface area contributed by atoms with Crippen LogP contribution in [-0.2, 0) is 6.18 Å². The van der Waals surface area contributed by atoms with Crippen LogP contribution >= 0.6 is 11.6 Å². The van der Waals surface area contributed by atoms with Crippen LogP contribution in [0.4, 0.5) is 18.9 Å². The van der Waals surface area contributed by atoms with Gasteiger partial charge in [-0.05, 0) is 43.9 Å². The summed E-state index contributed by atoms with van der Waals surface area (Å²) in [6, 6.07) is 3.75. The second-order valence-corrected chi connectivity index (χ2v) is 4.93. The summed E-state index contributed by atoms with van der Waals surface area (Å²) in [6.45, 7) is 1.98. The van der Waals surface area contributed by atoms with Crippen LogP contribution in [0.1, 0.15) is 25.3 Å². The van der Waals surface area contributed by atoms with E-state index in [-0.39, 0.29) is 11.1 Å². The maximum Gasteiger partial charge on any atom is 0.416 e. The van der Waals surface area contributed by atoms with Crippen LogP contribution in [0.3, 0.4) is 0 Å². The minimum atomic E-state index is -4.36. The van der Waals surface area contributed by atoms with Gasteiger partial charge < -0.3 is 5.32 Å². The molecular weight excluding hydrogens is 251 g/mol. The first-order valence-electron chi connectivity index (χ1n) is 5.50. The summed E-state index contributed by atoms with van der Waals surface area (Å²) >= 11 is 5.69. The van der Waals surface area contributed by atoms with Crippen molar-refractivity contribution < 1.29 is 13.2 Å². The Morgan fingerprint density at radius 1 is 1.29 bits per heavy atom. The lowest BCUT2D eigenvalue weighted by Crippen LogP contribution is -2.17. The van der Waals surface area contributed by atoms with Crippen LogP contribution in [-0.4, -0.2) is 6.04 Å². The van der Waals surface area contributed by atoms with Gasteiger partial charge in [0.1, 0.15) is 0 Å². The first-order valence-corrected chi connectivity index (χ1v) is 5.88. The number of anilines is 1. The molecule has 1 fully saturated rings. The number of alkyl halides is 3. The average Bonchev–Trinajstić information content (AvgIpc) is 2.97. The number of rotatable bonds is 3. The fourth-order valence-electron chi connectivity index (χ4n) is 1.81. The first-order chi connectivity index (χ1) is 7.86. The largest absolute Gasteiger partial charge is 0.416 e. The van der Waals surface area contributed by atoms with Gasteiger partial charge in [-0.15, -0.1) is 0 Å². The van der Waals surface area contributed by atoms with Crippen molar-refractivity contribution >= 4 is 17.3 Å². The predicted octanol–water partition coefficient (Wildman–Crippen LogP) is 4.57. The zero-order valence-corrected chi connectivity index (χ0v) is 10.1. The lowest BCUT2D eigenvalue weighted by Gasteiger charge is -2.16. The highest BCUT2D eigenvalue weighted by Crippen LogP contribution is 2.36. The number of nitrogens with one attached hydrogen (secondary N) is 1. The van der Waals surface area contributed by atoms with E-state index in [0.29, 0.717) is 11.6 Å². The maximum absolute atomic E-state index is 12.6. The van der Waals surface area contributed by atoms with Gasteiger partial charge in [0.2, 0.25) is 0 Å². The van der Waals surface area contributed by atoms with Crippen molar-refractivity contribution in [2.45, 2.75) is 32.0 Å². The standard InChI is InChI=1S/C12H13ClF3N/c1-7(8-2-3-8)17-11-5-9(12(14,15)16)4-10(13)6-11/h4-8,17H,2-3H2,1H3. The van der Waals surface area contributed by atoms with Crippen LogP contribution in [0.25, 0.3) is 0 Å². The summed E-state index contributed by atoms with van der Waals surface area (Å²) in [6.07, 6.45) is -2.08. The Hall–Kier alpha value is -0.900. The highest BCUT2D eigenvalue weighted by molar-refractivity contribution is 6.30. The highest BCUT2D eigenvalue weighted by atomic mass is 35.5. The molecule has 1 atom stereocenters. The van der Waals surface area contributed by atoms with Crippen molar-refractivity contribution in [1.82, 2.24) is 0 Å². The number of hydrogen-bond donors (Lipinski definition) is 1. The Balaban J connectivity index is 2.19. The molecule has 2 rings (SSSR count). The third-order valence-corrected chi connectivity index (χ3v) is 3.17. The second-order valence-electron chi connectivity index (χ2n) is 4.50. The Morgan fingerprint density at radius 3 is 2.47 bits per heavy atom. The topological polar surface area (TPSA) is 12.0 Å². The second kappa shape index (κ2) is 4.41. The smallest absolute Gasteiger partial charge is 0.382 e. The summed E-state index contributed by atoms with van der Waals surface area (Å²) in [7, 11) is 0. The fraction of sp³-hybridized carbons (Fsp3) is 0.500. The summed E-state index contributed by atoms with van der Waals surface area (Å²) in [5.74, 6) is 0.573. The fourth-order valence-corrected chi connectivity index (χ4v) is 2.05. The van der Waals surface area contributed by atoms with E-state index in [4.69, 9.17) is 11.6 Å². The Bertz CT molecular complexity index is 413. The zero-order chi connectivity index (χ0) is 12.6. The van der Waals surface area contributed by atoms with E-state index >= 15 is 0 Å². The van der Waals surface area contributed by atoms with Crippen molar-refractivity contribution in [2.75, 3.05) is 5.32 Å². The van der Waals surface area contributed by atoms with Crippen LogP contribution in [0, 0.1) is 5.92 Å². The molecule has 1 unspecified atom stereocenters. The van der Waals surface area contributed by atoms with Gasteiger partial charge in [-0.3, -0.25) is 0 Å². The molecule has 94 valence electrons. The monoisotopic (exact) mass is 263 g/mol. The molecule has 1 nitrogen and oxygen atoms in total. The molecular formula is C12H13ClF3N. The van der Waals surface area contributed by atoms with Crippen molar-refractivity contribution in [1.29, 1.82) is 0 Å². The van der Waals surface area contributed by atoms with Gasteiger partial charge >= 0.3 is 6.18 Å². The molecule has 0 amide bonds. The molecule has 0 heterocycles. The zero-order valence-electron chi connectivity index (χ0n) is 9.31. The number of benzene rings is 1. The lowest BCUT2D eigenvalue weighted by atomic mass is 10.1. The van der Waals surface area contributed by atoms with Crippen LogP contribution in [0.5, 0.6) is 0 Å². The minimum Gasteiger partial charge on any atom is -0.382 e. The van der Waals surface area contributed by atoms with Gasteiger partial charge in [0.25, 0.3) is 0 Å². The molecule has 0 aromatic heterocycles. The van der Waals surface area contributed by atoms with Crippen molar-refractivity contribution in [3.8, 4) is 0 Å². The number of hydrogen-bond acceptors (Lipinski definition) is 1. The third-order valence-electron chi connectivity index (χ3n) is 2.95. The maximum atomic E-state index is 12.6. The van der Waals surface area contributed by atoms with Crippen LogP contribution < -0.4 is 5.32 Å². The molecule has 0 spiro atoms. The van der Waals surface area contributed by atoms with Crippen LogP contribution in [0.15, 0.2) is 18.2 Å². The lowest BCUT2D eigenvalue weighted by molar-refractivity contribution is -0.137. The van der Waals surface area contributed by atoms with Crippen LogP contribution in [0.2, 0.25) is 5.02 Å². The summed E-state index contributed by atoms with van der Waals surface area (Å²) in [4.78, 5) is 0. The molecule has 0 bridgehead atoms. The van der Waals surface area contributed by atoms with Crippen molar-refractivity contribution in [3.63, 3.8) is 0 Å². The molecule has 1 aromatic rings. The highest BCUT2D eigenvalue weighted by Gasteiger charge is 2.32. The van der Waals surface area contributed by atoms with E-state index in [1.165, 1.54) is 6.07 Å². The van der Waals surface area contributed by atoms with E-state index in [1.807, 2.05) is 6.92 Å². The van der Waals surface area contributed by atoms with Gasteiger partial charge in [-0.25, -0.2) is 0 Å². The summed E-state index contributed by atoms with van der Waals surface area (Å²) in [5, 5.41) is 3.17. The molecule has 1 aliphatic rings. The van der Waals surface area contributed by atoms with Gasteiger partial charge in [0.05, 0.1) is 5.56 Å². The van der Waals surface area contributed by atoms with E-state index in [9.17, 15) is 13.2 Å². The third kappa shape index (κ3) is 3.28. The molecule has 0 saturated heterocycles. The van der Waals surface area contributed by atoms with Gasteiger partial charge in [0.15, 0.2) is 0 Å². The van der Waals surface area contributed by atoms with Gasteiger partial charge in [-0.1, -0.05) is 11.6 Å². The molecule has 1 aromatic carbocycles. The average molecular weight is 264 g/mol. The normalized spacial score (nSPS) is 17.9. The summed E-state index contributed by atoms with van der Waals surface area (Å²) in [5.41, 5.74) is -0.278. The van der Waals surface area contributed by atoms with E-state index < -0.39 is 11.7 Å². The Morgan fingerprint density at radius 2 is 1.94 bits per heavy atom. The minimum absolute atomic E-state index is 0.102. The summed E-state index contributed by atoms with van der Waals surface area (Å²) < 4.78 is 37.7. The van der Waals surface area contributed by atoms with Gasteiger partial charge in [0, 0.05) is 16.8 Å². The molecule has 1 aliphatic carbocycles. The Labute approximate surface area is 103 Å². The van der Waals surface area contributed by atoms with E-state index in [0.717, 1.165) is 25.0 Å². The van der Waals surface area contributed by atoms with E-state index in [1.54, 1.807) is 0 Å². The molecule has 17 heavy (non-hydrogen) atoms. The Kier molecular flexibility index (Phi) is 3.25. The molecule has 1 N–H and O–H groups in total. The van der Waals surface area contributed by atoms with Crippen molar-refractivity contribution in [2.24, 2.45) is 5.92 Å². The molecule has 1 saturated carbocycles. The SMILES string of the molecule is CC(Nc1cc(Cl)cc(C(F)(F)F)c1)C1CC1. The van der Waals surface area contributed by atoms with E-state index in [2.05, 4.69) is 5.32 Å². The molecule has 0 radical (unpaired) electrons. The molecule has 0 aliphatic heterocycles. The molecule has 5 heteroatoms. The number of halogens is 4. The first kappa shape index (κ1) is 12.6.